The first-order valence-electron chi connectivity index (χ1n) is 6.73. The molecule has 0 aliphatic rings. The summed E-state index contributed by atoms with van der Waals surface area (Å²) in [6, 6.07) is 5.43. The minimum Gasteiger partial charge on any atom is -0.493 e. The first kappa shape index (κ1) is 16.8. The van der Waals surface area contributed by atoms with E-state index in [4.69, 9.17) is 4.74 Å². The number of amides is 1. The zero-order valence-electron chi connectivity index (χ0n) is 12.2. The van der Waals surface area contributed by atoms with Crippen molar-refractivity contribution in [3.63, 3.8) is 0 Å². The molecule has 3 N–H and O–H groups in total. The van der Waals surface area contributed by atoms with Gasteiger partial charge >= 0.3 is 5.69 Å². The van der Waals surface area contributed by atoms with Gasteiger partial charge in [-0.05, 0) is 31.2 Å². The van der Waals surface area contributed by atoms with Crippen molar-refractivity contribution in [3.05, 3.63) is 61.3 Å². The summed E-state index contributed by atoms with van der Waals surface area (Å²) in [6.45, 7) is 2.37. The average molecular weight is 380 g/mol. The predicted molar refractivity (Wildman–Crippen MR) is 90.7 cm³/mol. The van der Waals surface area contributed by atoms with E-state index in [9.17, 15) is 14.4 Å². The Morgan fingerprint density at radius 1 is 1.39 bits per heavy atom. The molecule has 2 aromatic rings. The fourth-order valence-corrected chi connectivity index (χ4v) is 2.16. The van der Waals surface area contributed by atoms with Crippen molar-refractivity contribution < 1.29 is 9.53 Å². The third kappa shape index (κ3) is 4.68. The molecule has 0 aliphatic heterocycles. The summed E-state index contributed by atoms with van der Waals surface area (Å²) in [4.78, 5) is 38.6. The molecule has 1 amide bonds. The van der Waals surface area contributed by atoms with Crippen LogP contribution in [-0.2, 0) is 4.79 Å². The Bertz CT molecular complexity index is 854. The molecule has 23 heavy (non-hydrogen) atoms. The van der Waals surface area contributed by atoms with Crippen molar-refractivity contribution in [2.75, 3.05) is 11.9 Å². The molecule has 0 spiro atoms. The van der Waals surface area contributed by atoms with Crippen molar-refractivity contribution in [2.45, 2.75) is 6.92 Å². The molecule has 7 nitrogen and oxygen atoms in total. The SMILES string of the molecule is CCOc1ccc(Br)cc1/C=C/C(=O)Nc1c[nH]c(=O)[nH]c1=O. The normalized spacial score (nSPS) is 10.7. The Balaban J connectivity index is 2.16. The maximum Gasteiger partial charge on any atom is 0.325 e. The molecule has 1 heterocycles. The first-order chi connectivity index (χ1) is 11.0. The van der Waals surface area contributed by atoms with Crippen LogP contribution in [0.25, 0.3) is 6.08 Å². The number of benzene rings is 1. The predicted octanol–water partition coefficient (Wildman–Crippen LogP) is 1.88. The molecule has 0 saturated carbocycles. The number of aromatic amines is 2. The number of carbonyl (C=O) groups excluding carboxylic acids is 1. The van der Waals surface area contributed by atoms with Crippen LogP contribution in [0, 0.1) is 0 Å². The van der Waals surface area contributed by atoms with Crippen molar-refractivity contribution >= 4 is 33.6 Å². The van der Waals surface area contributed by atoms with Gasteiger partial charge in [-0.2, -0.15) is 0 Å². The van der Waals surface area contributed by atoms with E-state index >= 15 is 0 Å². The lowest BCUT2D eigenvalue weighted by Gasteiger charge is -2.07. The second-order valence-electron chi connectivity index (χ2n) is 4.42. The number of H-pyrrole nitrogens is 2. The van der Waals surface area contributed by atoms with E-state index in [1.807, 2.05) is 24.0 Å². The number of hydrogen-bond donors (Lipinski definition) is 3. The van der Waals surface area contributed by atoms with Gasteiger partial charge in [-0.15, -0.1) is 0 Å². The topological polar surface area (TPSA) is 104 Å². The van der Waals surface area contributed by atoms with E-state index in [2.05, 4.69) is 26.2 Å². The lowest BCUT2D eigenvalue weighted by atomic mass is 10.2. The maximum atomic E-state index is 11.9. The van der Waals surface area contributed by atoms with Crippen molar-refractivity contribution in [2.24, 2.45) is 0 Å². The smallest absolute Gasteiger partial charge is 0.325 e. The lowest BCUT2D eigenvalue weighted by Crippen LogP contribution is -2.25. The van der Waals surface area contributed by atoms with Crippen molar-refractivity contribution in [3.8, 4) is 5.75 Å². The van der Waals surface area contributed by atoms with Crippen LogP contribution in [0.4, 0.5) is 5.69 Å². The van der Waals surface area contributed by atoms with Crippen LogP contribution in [-0.4, -0.2) is 22.5 Å². The van der Waals surface area contributed by atoms with Crippen LogP contribution in [0.2, 0.25) is 0 Å². The van der Waals surface area contributed by atoms with Crippen LogP contribution in [0.15, 0.2) is 44.5 Å². The second kappa shape index (κ2) is 7.59. The highest BCUT2D eigenvalue weighted by molar-refractivity contribution is 9.10. The summed E-state index contributed by atoms with van der Waals surface area (Å²) >= 11 is 3.36. The summed E-state index contributed by atoms with van der Waals surface area (Å²) in [5.41, 5.74) is -0.641. The fraction of sp³-hybridized carbons (Fsp3) is 0.133. The molecule has 0 fully saturated rings. The highest BCUT2D eigenvalue weighted by atomic mass is 79.9. The third-order valence-corrected chi connectivity index (χ3v) is 3.26. The van der Waals surface area contributed by atoms with E-state index in [-0.39, 0.29) is 5.69 Å². The minimum absolute atomic E-state index is 0.0430. The number of anilines is 1. The molecule has 2 rings (SSSR count). The minimum atomic E-state index is -0.673. The quantitative estimate of drug-likeness (QED) is 0.689. The zero-order chi connectivity index (χ0) is 16.8. The van der Waals surface area contributed by atoms with Gasteiger partial charge in [-0.3, -0.25) is 14.6 Å². The number of halogens is 1. The van der Waals surface area contributed by atoms with E-state index in [0.29, 0.717) is 17.9 Å². The summed E-state index contributed by atoms with van der Waals surface area (Å²) in [5.74, 6) is 0.131. The van der Waals surface area contributed by atoms with E-state index < -0.39 is 17.2 Å². The van der Waals surface area contributed by atoms with Crippen molar-refractivity contribution in [1.82, 2.24) is 9.97 Å². The molecule has 8 heteroatoms. The van der Waals surface area contributed by atoms with Crippen molar-refractivity contribution in [1.29, 1.82) is 0 Å². The molecule has 1 aromatic heterocycles. The third-order valence-electron chi connectivity index (χ3n) is 2.76. The Morgan fingerprint density at radius 2 is 2.17 bits per heavy atom. The number of ether oxygens (including phenoxy) is 1. The molecule has 0 unspecified atom stereocenters. The molecule has 0 atom stereocenters. The molecule has 0 aliphatic carbocycles. The highest BCUT2D eigenvalue weighted by Gasteiger charge is 2.05. The molecule has 0 bridgehead atoms. The largest absolute Gasteiger partial charge is 0.493 e. The summed E-state index contributed by atoms with van der Waals surface area (Å²) in [5, 5.41) is 2.38. The molecular weight excluding hydrogens is 366 g/mol. The fourth-order valence-electron chi connectivity index (χ4n) is 1.78. The molecular formula is C15H14BrN3O4. The van der Waals surface area contributed by atoms with Gasteiger partial charge in [0.05, 0.1) is 6.61 Å². The van der Waals surface area contributed by atoms with Gasteiger partial charge < -0.3 is 15.0 Å². The Morgan fingerprint density at radius 3 is 2.87 bits per heavy atom. The van der Waals surface area contributed by atoms with Gasteiger partial charge in [-0.25, -0.2) is 4.79 Å². The van der Waals surface area contributed by atoms with Crippen LogP contribution >= 0.6 is 15.9 Å². The molecule has 0 saturated heterocycles. The number of nitrogens with one attached hydrogen (secondary N) is 3. The Labute approximate surface area is 139 Å². The van der Waals surface area contributed by atoms with Gasteiger partial charge in [-0.1, -0.05) is 15.9 Å². The summed E-state index contributed by atoms with van der Waals surface area (Å²) < 4.78 is 6.32. The van der Waals surface area contributed by atoms with E-state index in [1.54, 1.807) is 12.1 Å². The van der Waals surface area contributed by atoms with Gasteiger partial charge in [0.1, 0.15) is 11.4 Å². The maximum absolute atomic E-state index is 11.9. The van der Waals surface area contributed by atoms with Crippen LogP contribution in [0.1, 0.15) is 12.5 Å². The summed E-state index contributed by atoms with van der Waals surface area (Å²) in [7, 11) is 0. The first-order valence-corrected chi connectivity index (χ1v) is 7.52. The standard InChI is InChI=1S/C15H14BrN3O4/c1-2-23-12-5-4-10(16)7-9(12)3-6-13(20)18-11-8-17-15(22)19-14(11)21/h3-8H,2H2,1H3,(H,18,20)(H2,17,19,21,22)/b6-3+. The lowest BCUT2D eigenvalue weighted by molar-refractivity contribution is -0.111. The Hall–Kier alpha value is -2.61. The number of carbonyl (C=O) groups is 1. The average Bonchev–Trinajstić information content (AvgIpc) is 2.50. The Kier molecular flexibility index (Phi) is 5.53. The second-order valence-corrected chi connectivity index (χ2v) is 5.34. The summed E-state index contributed by atoms with van der Waals surface area (Å²) in [6.07, 6.45) is 3.98. The van der Waals surface area contributed by atoms with Gasteiger partial charge in [0.2, 0.25) is 5.91 Å². The molecule has 0 radical (unpaired) electrons. The van der Waals surface area contributed by atoms with Gasteiger partial charge in [0.15, 0.2) is 0 Å². The van der Waals surface area contributed by atoms with E-state index in [0.717, 1.165) is 10.7 Å². The van der Waals surface area contributed by atoms with Crippen LogP contribution < -0.4 is 21.3 Å². The van der Waals surface area contributed by atoms with Gasteiger partial charge in [0, 0.05) is 22.3 Å². The van der Waals surface area contributed by atoms with Crippen LogP contribution in [0.5, 0.6) is 5.75 Å². The highest BCUT2D eigenvalue weighted by Crippen LogP contribution is 2.24. The van der Waals surface area contributed by atoms with E-state index in [1.165, 1.54) is 6.08 Å². The number of aromatic nitrogens is 2. The molecule has 120 valence electrons. The monoisotopic (exact) mass is 379 g/mol. The zero-order valence-corrected chi connectivity index (χ0v) is 13.8. The number of rotatable bonds is 5. The molecule has 1 aromatic carbocycles. The van der Waals surface area contributed by atoms with Gasteiger partial charge in [0.25, 0.3) is 5.56 Å². The number of hydrogen-bond acceptors (Lipinski definition) is 4. The van der Waals surface area contributed by atoms with Crippen LogP contribution in [0.3, 0.4) is 0 Å².